The lowest BCUT2D eigenvalue weighted by Gasteiger charge is -2.06. The van der Waals surface area contributed by atoms with Crippen LogP contribution in [0, 0.1) is 0 Å². The molecule has 2 N–H and O–H groups in total. The predicted molar refractivity (Wildman–Crippen MR) is 197 cm³/mol. The summed E-state index contributed by atoms with van der Waals surface area (Å²) in [7, 11) is 3.75. The normalized spacial score (nSPS) is 10.9. The van der Waals surface area contributed by atoms with Crippen molar-refractivity contribution in [1.29, 1.82) is 0 Å². The molecule has 0 aliphatic rings. The molecule has 2 heterocycles. The van der Waals surface area contributed by atoms with Crippen molar-refractivity contribution in [2.45, 2.75) is 0 Å². The van der Waals surface area contributed by atoms with Crippen LogP contribution in [0.1, 0.15) is 20.7 Å². The second-order valence-corrected chi connectivity index (χ2v) is 11.8. The van der Waals surface area contributed by atoms with Gasteiger partial charge in [0.1, 0.15) is 17.2 Å². The smallest absolute Gasteiger partial charge is 0.337 e. The third-order valence-corrected chi connectivity index (χ3v) is 8.77. The van der Waals surface area contributed by atoms with E-state index in [0.717, 1.165) is 50.5 Å². The Morgan fingerprint density at radius 3 is 1.42 bits per heavy atom. The van der Waals surface area contributed by atoms with Crippen LogP contribution >= 0.6 is 0 Å². The molecule has 0 saturated carbocycles. The Morgan fingerprint density at radius 1 is 0.460 bits per heavy atom. The molecule has 8 rings (SSSR count). The number of carboxylic acid groups (broad SMARTS) is 2. The molecule has 0 spiro atoms. The Labute approximate surface area is 288 Å². The van der Waals surface area contributed by atoms with Crippen LogP contribution in [0.3, 0.4) is 0 Å². The molecule has 0 aliphatic heterocycles. The number of rotatable bonds is 6. The minimum absolute atomic E-state index is 0.222. The maximum atomic E-state index is 11.5. The molecule has 0 atom stereocenters. The molecule has 244 valence electrons. The third-order valence-electron chi connectivity index (χ3n) is 8.77. The van der Waals surface area contributed by atoms with Gasteiger partial charge in [-0.25, -0.2) is 19.6 Å². The average molecular weight is 657 g/mol. The molecule has 8 nitrogen and oxygen atoms in total. The predicted octanol–water partition coefficient (Wildman–Crippen LogP) is 9.21. The maximum absolute atomic E-state index is 11.5. The molecule has 0 fully saturated rings. The highest BCUT2D eigenvalue weighted by molar-refractivity contribution is 6.03. The van der Waals surface area contributed by atoms with Crippen LogP contribution in [0.5, 0.6) is 0 Å². The quantitative estimate of drug-likeness (QED) is 0.185. The second kappa shape index (κ2) is 13.4. The van der Waals surface area contributed by atoms with E-state index < -0.39 is 11.9 Å². The number of aromatic nitrogens is 4. The number of hydrogen-bond acceptors (Lipinski definition) is 4. The Hall–Kier alpha value is -6.80. The van der Waals surface area contributed by atoms with E-state index in [9.17, 15) is 19.8 Å². The van der Waals surface area contributed by atoms with Crippen molar-refractivity contribution in [2.75, 3.05) is 0 Å². The summed E-state index contributed by atoms with van der Waals surface area (Å²) in [5, 5.41) is 18.8. The largest absolute Gasteiger partial charge is 0.478 e. The van der Waals surface area contributed by atoms with Gasteiger partial charge in [0.25, 0.3) is 0 Å². The van der Waals surface area contributed by atoms with E-state index in [2.05, 4.69) is 58.5 Å². The number of carbonyl (C=O) groups is 2. The van der Waals surface area contributed by atoms with Gasteiger partial charge in [-0.15, -0.1) is 0 Å². The summed E-state index contributed by atoms with van der Waals surface area (Å²) in [6.07, 6.45) is 0. The van der Waals surface area contributed by atoms with Crippen LogP contribution in [0.15, 0.2) is 146 Å². The monoisotopic (exact) mass is 656 g/mol. The van der Waals surface area contributed by atoms with Crippen LogP contribution in [-0.4, -0.2) is 41.3 Å². The second-order valence-electron chi connectivity index (χ2n) is 11.8. The number of hydrogen-bond donors (Lipinski definition) is 2. The van der Waals surface area contributed by atoms with E-state index in [4.69, 9.17) is 0 Å². The zero-order chi connectivity index (χ0) is 34.8. The Kier molecular flexibility index (Phi) is 8.50. The van der Waals surface area contributed by atoms with Gasteiger partial charge in [-0.2, -0.15) is 0 Å². The molecular formula is C42H32N4O4. The summed E-state index contributed by atoms with van der Waals surface area (Å²) in [6.45, 7) is 0. The highest BCUT2D eigenvalue weighted by Crippen LogP contribution is 2.30. The first kappa shape index (κ1) is 31.8. The number of imidazole rings is 2. The first-order chi connectivity index (χ1) is 24.3. The summed E-state index contributed by atoms with van der Waals surface area (Å²) in [6, 6.07) is 47.0. The zero-order valence-corrected chi connectivity index (χ0v) is 27.4. The summed E-state index contributed by atoms with van der Waals surface area (Å²) >= 11 is 0. The molecule has 8 heteroatoms. The number of aromatic carboxylic acids is 2. The number of nitrogens with zero attached hydrogens (tertiary/aromatic N) is 4. The highest BCUT2D eigenvalue weighted by Gasteiger charge is 2.18. The van der Waals surface area contributed by atoms with Gasteiger partial charge in [0.05, 0.1) is 27.7 Å². The van der Waals surface area contributed by atoms with Crippen molar-refractivity contribution in [3.05, 3.63) is 157 Å². The molecule has 0 aliphatic carbocycles. The fraction of sp³-hybridized carbons (Fsp3) is 0.0476. The Morgan fingerprint density at radius 2 is 0.900 bits per heavy atom. The number of carboxylic acids is 2. The van der Waals surface area contributed by atoms with E-state index in [0.29, 0.717) is 16.6 Å². The highest BCUT2D eigenvalue weighted by atomic mass is 16.4. The molecule has 0 bridgehead atoms. The molecule has 2 aromatic heterocycles. The number of aryl methyl sites for hydroxylation is 2. The lowest BCUT2D eigenvalue weighted by Crippen LogP contribution is -2.01. The molecule has 0 saturated heterocycles. The number of benzene rings is 6. The maximum Gasteiger partial charge on any atom is 0.337 e. The van der Waals surface area contributed by atoms with E-state index >= 15 is 0 Å². The van der Waals surface area contributed by atoms with Crippen molar-refractivity contribution >= 4 is 34.0 Å². The molecule has 0 radical (unpaired) electrons. The summed E-state index contributed by atoms with van der Waals surface area (Å²) in [5.41, 5.74) is 9.62. The zero-order valence-electron chi connectivity index (χ0n) is 27.4. The average Bonchev–Trinajstić information content (AvgIpc) is 3.68. The molecule has 8 aromatic rings. The van der Waals surface area contributed by atoms with Gasteiger partial charge >= 0.3 is 11.9 Å². The number of para-hydroxylation sites is 2. The summed E-state index contributed by atoms with van der Waals surface area (Å²) in [4.78, 5) is 32.1. The fourth-order valence-corrected chi connectivity index (χ4v) is 6.23. The van der Waals surface area contributed by atoms with Crippen molar-refractivity contribution in [1.82, 2.24) is 19.1 Å². The number of fused-ring (bicyclic) bond motifs is 2. The van der Waals surface area contributed by atoms with Crippen LogP contribution < -0.4 is 0 Å². The standard InChI is InChI=1S/2C21H16N2O2/c1-23-18-9-5-8-17(21(24)25)19(18)22-20(23)16-12-10-15(11-13-16)14-6-3-2-4-7-14;1-23-19-17(21(24)25)8-5-9-18(19)22-20(23)16-12-10-15(11-13-16)14-6-3-2-4-7-14/h2*2-13H,1H3,(H,24,25). The van der Waals surface area contributed by atoms with Gasteiger partial charge in [0, 0.05) is 25.2 Å². The summed E-state index contributed by atoms with van der Waals surface area (Å²) in [5.74, 6) is -0.402. The SMILES string of the molecule is Cn1c(-c2ccc(-c3ccccc3)cc2)nc2c(C(=O)O)cccc21.Cn1c(-c2ccc(-c3ccccc3)cc2)nc2cccc(C(=O)O)c21. The van der Waals surface area contributed by atoms with Crippen LogP contribution in [0.25, 0.3) is 67.1 Å². The topological polar surface area (TPSA) is 110 Å². The Bertz CT molecular complexity index is 2400. The van der Waals surface area contributed by atoms with Gasteiger partial charge < -0.3 is 19.3 Å². The molecule has 50 heavy (non-hydrogen) atoms. The van der Waals surface area contributed by atoms with Gasteiger partial charge in [0.2, 0.25) is 0 Å². The van der Waals surface area contributed by atoms with E-state index in [-0.39, 0.29) is 11.1 Å². The van der Waals surface area contributed by atoms with Crippen LogP contribution in [0.4, 0.5) is 0 Å². The van der Waals surface area contributed by atoms with Crippen molar-refractivity contribution in [3.63, 3.8) is 0 Å². The van der Waals surface area contributed by atoms with Gasteiger partial charge in [-0.05, 0) is 46.5 Å². The minimum atomic E-state index is -0.963. The molecular weight excluding hydrogens is 624 g/mol. The van der Waals surface area contributed by atoms with Crippen molar-refractivity contribution < 1.29 is 19.8 Å². The molecule has 6 aromatic carbocycles. The van der Waals surface area contributed by atoms with Crippen molar-refractivity contribution in [2.24, 2.45) is 14.1 Å². The van der Waals surface area contributed by atoms with Crippen LogP contribution in [0.2, 0.25) is 0 Å². The molecule has 0 amide bonds. The first-order valence-electron chi connectivity index (χ1n) is 16.0. The van der Waals surface area contributed by atoms with Crippen molar-refractivity contribution in [3.8, 4) is 45.0 Å². The third kappa shape index (κ3) is 6.02. The van der Waals surface area contributed by atoms with E-state index in [1.165, 1.54) is 0 Å². The molecule has 0 unspecified atom stereocenters. The van der Waals surface area contributed by atoms with Gasteiger partial charge in [-0.1, -0.05) is 121 Å². The lowest BCUT2D eigenvalue weighted by atomic mass is 10.0. The minimum Gasteiger partial charge on any atom is -0.478 e. The fourth-order valence-electron chi connectivity index (χ4n) is 6.23. The van der Waals surface area contributed by atoms with Gasteiger partial charge in [-0.3, -0.25) is 0 Å². The first-order valence-corrected chi connectivity index (χ1v) is 16.0. The Balaban J connectivity index is 0.000000157. The van der Waals surface area contributed by atoms with E-state index in [1.54, 1.807) is 24.3 Å². The van der Waals surface area contributed by atoms with E-state index in [1.807, 2.05) is 96.0 Å². The van der Waals surface area contributed by atoms with Crippen LogP contribution in [-0.2, 0) is 14.1 Å². The van der Waals surface area contributed by atoms with Gasteiger partial charge in [0.15, 0.2) is 0 Å². The lowest BCUT2D eigenvalue weighted by molar-refractivity contribution is 0.0688. The summed E-state index contributed by atoms with van der Waals surface area (Å²) < 4.78 is 3.77.